The lowest BCUT2D eigenvalue weighted by atomic mass is 10.2. The number of para-hydroxylation sites is 2. The number of methoxy groups -OCH3 is 1. The van der Waals surface area contributed by atoms with E-state index >= 15 is 0 Å². The van der Waals surface area contributed by atoms with Crippen molar-refractivity contribution in [1.82, 2.24) is 9.55 Å². The molecule has 2 N–H and O–H groups in total. The van der Waals surface area contributed by atoms with Crippen LogP contribution in [0.25, 0.3) is 11.0 Å². The molecule has 0 saturated heterocycles. The Balaban J connectivity index is 1.56. The number of nitrogens with two attached hydrogens (primary N) is 1. The largest absolute Gasteiger partial charge is 0.493 e. The third kappa shape index (κ3) is 3.58. The average molecular weight is 359 g/mol. The fourth-order valence-electron chi connectivity index (χ4n) is 3.11. The van der Waals surface area contributed by atoms with E-state index in [1.54, 1.807) is 7.11 Å². The van der Waals surface area contributed by atoms with E-state index in [0.29, 0.717) is 30.6 Å². The summed E-state index contributed by atoms with van der Waals surface area (Å²) >= 11 is 0. The minimum absolute atomic E-state index is 0.496. The van der Waals surface area contributed by atoms with Gasteiger partial charge in [0.2, 0.25) is 5.95 Å². The summed E-state index contributed by atoms with van der Waals surface area (Å²) < 4.78 is 13.5. The first-order valence-corrected chi connectivity index (χ1v) is 8.79. The van der Waals surface area contributed by atoms with E-state index in [1.807, 2.05) is 77.4 Å². The Labute approximate surface area is 158 Å². The number of fused-ring (bicyclic) bond motifs is 1. The fourth-order valence-corrected chi connectivity index (χ4v) is 3.11. The maximum atomic E-state index is 6.11. The molecule has 5 nitrogen and oxygen atoms in total. The molecule has 1 heterocycles. The highest BCUT2D eigenvalue weighted by atomic mass is 16.5. The summed E-state index contributed by atoms with van der Waals surface area (Å²) in [6.45, 7) is 1.11. The number of hydrogen-bond donors (Lipinski definition) is 1. The summed E-state index contributed by atoms with van der Waals surface area (Å²) in [5.74, 6) is 1.92. The summed E-state index contributed by atoms with van der Waals surface area (Å²) in [7, 11) is 1.65. The SMILES string of the molecule is COc1cc(Cn2c(N)nc3ccccc32)ccc1OCc1ccccc1. The molecule has 0 aliphatic heterocycles. The molecule has 3 aromatic carbocycles. The quantitative estimate of drug-likeness (QED) is 0.559. The van der Waals surface area contributed by atoms with E-state index in [9.17, 15) is 0 Å². The number of nitrogens with zero attached hydrogens (tertiary/aromatic N) is 2. The molecule has 0 unspecified atom stereocenters. The van der Waals surface area contributed by atoms with Crippen LogP contribution in [0.4, 0.5) is 5.95 Å². The number of ether oxygens (including phenoxy) is 2. The summed E-state index contributed by atoms with van der Waals surface area (Å²) in [6.07, 6.45) is 0. The molecule has 0 amide bonds. The van der Waals surface area contributed by atoms with Gasteiger partial charge >= 0.3 is 0 Å². The van der Waals surface area contributed by atoms with Gasteiger partial charge in [0.05, 0.1) is 24.7 Å². The van der Waals surface area contributed by atoms with E-state index in [2.05, 4.69) is 4.98 Å². The van der Waals surface area contributed by atoms with Crippen LogP contribution in [0.3, 0.4) is 0 Å². The fraction of sp³-hybridized carbons (Fsp3) is 0.136. The third-order valence-corrected chi connectivity index (χ3v) is 4.49. The second-order valence-corrected chi connectivity index (χ2v) is 6.30. The van der Waals surface area contributed by atoms with Gasteiger partial charge in [-0.1, -0.05) is 48.5 Å². The minimum atomic E-state index is 0.496. The maximum absolute atomic E-state index is 6.11. The molecule has 5 heteroatoms. The first-order chi connectivity index (χ1) is 13.2. The number of imidazole rings is 1. The second-order valence-electron chi connectivity index (χ2n) is 6.30. The lowest BCUT2D eigenvalue weighted by Gasteiger charge is -2.13. The van der Waals surface area contributed by atoms with Crippen LogP contribution in [-0.2, 0) is 13.2 Å². The molecule has 0 bridgehead atoms. The predicted octanol–water partition coefficient (Wildman–Crippen LogP) is 4.25. The Kier molecular flexibility index (Phi) is 4.66. The average Bonchev–Trinajstić information content (AvgIpc) is 3.03. The molecule has 0 radical (unpaired) electrons. The van der Waals surface area contributed by atoms with Gasteiger partial charge in [0.25, 0.3) is 0 Å². The van der Waals surface area contributed by atoms with Crippen molar-refractivity contribution in [3.05, 3.63) is 83.9 Å². The summed E-state index contributed by atoms with van der Waals surface area (Å²) in [5, 5.41) is 0. The Hall–Kier alpha value is -3.47. The highest BCUT2D eigenvalue weighted by molar-refractivity contribution is 5.78. The Bertz CT molecular complexity index is 1060. The summed E-state index contributed by atoms with van der Waals surface area (Å²) in [5.41, 5.74) is 10.2. The van der Waals surface area contributed by atoms with Crippen LogP contribution < -0.4 is 15.2 Å². The van der Waals surface area contributed by atoms with Gasteiger partial charge in [-0.2, -0.15) is 0 Å². The molecule has 27 heavy (non-hydrogen) atoms. The molecule has 0 aliphatic rings. The molecule has 0 spiro atoms. The number of anilines is 1. The molecule has 0 atom stereocenters. The lowest BCUT2D eigenvalue weighted by molar-refractivity contribution is 0.284. The van der Waals surface area contributed by atoms with Crippen molar-refractivity contribution in [1.29, 1.82) is 0 Å². The summed E-state index contributed by atoms with van der Waals surface area (Å²) in [4.78, 5) is 4.42. The molecular weight excluding hydrogens is 338 g/mol. The Morgan fingerprint density at radius 2 is 1.67 bits per heavy atom. The first-order valence-electron chi connectivity index (χ1n) is 8.79. The van der Waals surface area contributed by atoms with Crippen LogP contribution in [0, 0.1) is 0 Å². The maximum Gasteiger partial charge on any atom is 0.201 e. The topological polar surface area (TPSA) is 62.3 Å². The van der Waals surface area contributed by atoms with Crippen LogP contribution in [-0.4, -0.2) is 16.7 Å². The van der Waals surface area contributed by atoms with Crippen molar-refractivity contribution in [2.75, 3.05) is 12.8 Å². The van der Waals surface area contributed by atoms with Crippen LogP contribution in [0.1, 0.15) is 11.1 Å². The van der Waals surface area contributed by atoms with Gasteiger partial charge < -0.3 is 19.8 Å². The van der Waals surface area contributed by atoms with Gasteiger partial charge in [-0.3, -0.25) is 0 Å². The van der Waals surface area contributed by atoms with E-state index < -0.39 is 0 Å². The zero-order valence-electron chi connectivity index (χ0n) is 15.1. The summed E-state index contributed by atoms with van der Waals surface area (Å²) in [6, 6.07) is 23.9. The third-order valence-electron chi connectivity index (χ3n) is 4.49. The molecule has 136 valence electrons. The molecule has 0 fully saturated rings. The highest BCUT2D eigenvalue weighted by Crippen LogP contribution is 2.30. The number of rotatable bonds is 6. The number of hydrogen-bond acceptors (Lipinski definition) is 4. The zero-order valence-corrected chi connectivity index (χ0v) is 15.1. The standard InChI is InChI=1S/C22H21N3O2/c1-26-21-13-17(11-12-20(21)27-15-16-7-3-2-4-8-16)14-25-19-10-6-5-9-18(19)24-22(25)23/h2-13H,14-15H2,1H3,(H2,23,24). The van der Waals surface area contributed by atoms with E-state index in [1.165, 1.54) is 0 Å². The molecule has 4 aromatic rings. The predicted molar refractivity (Wildman–Crippen MR) is 107 cm³/mol. The first kappa shape index (κ1) is 17.0. The van der Waals surface area contributed by atoms with Gasteiger partial charge in [-0.05, 0) is 35.4 Å². The monoisotopic (exact) mass is 359 g/mol. The van der Waals surface area contributed by atoms with E-state index in [-0.39, 0.29) is 0 Å². The van der Waals surface area contributed by atoms with Crippen molar-refractivity contribution >= 4 is 17.0 Å². The molecule has 0 saturated carbocycles. The number of aromatic nitrogens is 2. The Morgan fingerprint density at radius 1 is 0.889 bits per heavy atom. The van der Waals surface area contributed by atoms with Crippen molar-refractivity contribution in [2.45, 2.75) is 13.2 Å². The van der Waals surface area contributed by atoms with Crippen LogP contribution >= 0.6 is 0 Å². The van der Waals surface area contributed by atoms with Crippen LogP contribution in [0.5, 0.6) is 11.5 Å². The number of nitrogen functional groups attached to an aromatic ring is 1. The lowest BCUT2D eigenvalue weighted by Crippen LogP contribution is -2.05. The molecule has 4 rings (SSSR count). The van der Waals surface area contributed by atoms with Gasteiger partial charge in [0.1, 0.15) is 6.61 Å². The van der Waals surface area contributed by atoms with Gasteiger partial charge in [-0.25, -0.2) is 4.98 Å². The second kappa shape index (κ2) is 7.41. The molecular formula is C22H21N3O2. The zero-order chi connectivity index (χ0) is 18.6. The normalized spacial score (nSPS) is 10.9. The molecule has 1 aromatic heterocycles. The Morgan fingerprint density at radius 3 is 2.48 bits per heavy atom. The van der Waals surface area contributed by atoms with E-state index in [0.717, 1.165) is 22.2 Å². The van der Waals surface area contributed by atoms with Gasteiger partial charge in [0, 0.05) is 0 Å². The minimum Gasteiger partial charge on any atom is -0.493 e. The smallest absolute Gasteiger partial charge is 0.201 e. The van der Waals surface area contributed by atoms with Crippen molar-refractivity contribution < 1.29 is 9.47 Å². The van der Waals surface area contributed by atoms with E-state index in [4.69, 9.17) is 15.2 Å². The number of benzene rings is 3. The van der Waals surface area contributed by atoms with Gasteiger partial charge in [-0.15, -0.1) is 0 Å². The highest BCUT2D eigenvalue weighted by Gasteiger charge is 2.11. The van der Waals surface area contributed by atoms with Gasteiger partial charge in [0.15, 0.2) is 11.5 Å². The van der Waals surface area contributed by atoms with Crippen molar-refractivity contribution in [3.63, 3.8) is 0 Å². The van der Waals surface area contributed by atoms with Crippen LogP contribution in [0.2, 0.25) is 0 Å². The van der Waals surface area contributed by atoms with Crippen LogP contribution in [0.15, 0.2) is 72.8 Å². The van der Waals surface area contributed by atoms with Crippen molar-refractivity contribution in [3.8, 4) is 11.5 Å². The van der Waals surface area contributed by atoms with Crippen molar-refractivity contribution in [2.24, 2.45) is 0 Å². The molecule has 0 aliphatic carbocycles.